The highest BCUT2D eigenvalue weighted by Crippen LogP contribution is 2.45. The first-order valence-electron chi connectivity index (χ1n) is 3.41. The number of nitrogens with two attached hydrogens (primary N) is 1. The molecule has 0 saturated carbocycles. The molecular weight excluding hydrogens is 221 g/mol. The molecule has 1 unspecified atom stereocenters. The van der Waals surface area contributed by atoms with Crippen LogP contribution in [-0.2, 0) is 14.7 Å². The first-order valence-corrected chi connectivity index (χ1v) is 6.59. The van der Waals surface area contributed by atoms with Gasteiger partial charge >= 0.3 is 7.60 Å². The Morgan fingerprint density at radius 1 is 1.38 bits per heavy atom. The molecule has 7 nitrogen and oxygen atoms in total. The van der Waals surface area contributed by atoms with Gasteiger partial charge in [-0.15, -0.1) is 0 Å². The van der Waals surface area contributed by atoms with E-state index in [1.165, 1.54) is 0 Å². The maximum Gasteiger partial charge on any atom is 0.346 e. The zero-order valence-corrected chi connectivity index (χ0v) is 8.41. The van der Waals surface area contributed by atoms with E-state index in [9.17, 15) is 13.0 Å². The largest absolute Gasteiger partial charge is 0.346 e. The lowest BCUT2D eigenvalue weighted by Gasteiger charge is -2.14. The fourth-order valence-corrected chi connectivity index (χ4v) is 3.15. The van der Waals surface area contributed by atoms with Crippen LogP contribution in [0, 0.1) is 0 Å². The minimum Gasteiger partial charge on any atom is -0.330 e. The Bertz CT molecular complexity index is 294. The third kappa shape index (κ3) is 4.70. The van der Waals surface area contributed by atoms with Crippen LogP contribution >= 0.6 is 7.60 Å². The van der Waals surface area contributed by atoms with Crippen LogP contribution in [0.3, 0.4) is 0 Å². The molecule has 1 atom stereocenters. The second kappa shape index (κ2) is 4.50. The van der Waals surface area contributed by atoms with Gasteiger partial charge in [-0.25, -0.2) is 0 Å². The molecule has 0 spiro atoms. The van der Waals surface area contributed by atoms with Crippen molar-refractivity contribution in [2.75, 3.05) is 6.54 Å². The smallest absolute Gasteiger partial charge is 0.330 e. The quantitative estimate of drug-likeness (QED) is 0.357. The molecule has 0 fully saturated rings. The predicted octanol–water partition coefficient (Wildman–Crippen LogP) is -0.883. The molecule has 0 bridgehead atoms. The fourth-order valence-electron chi connectivity index (χ4n) is 0.783. The summed E-state index contributed by atoms with van der Waals surface area (Å²) in [6, 6.07) is 0. The van der Waals surface area contributed by atoms with Crippen molar-refractivity contribution in [2.45, 2.75) is 17.8 Å². The van der Waals surface area contributed by atoms with Crippen molar-refractivity contribution in [2.24, 2.45) is 5.73 Å². The number of hydrogen-bond donors (Lipinski definition) is 4. The lowest BCUT2D eigenvalue weighted by molar-refractivity contribution is 0.360. The molecule has 0 amide bonds. The van der Waals surface area contributed by atoms with Gasteiger partial charge in [0.25, 0.3) is 10.1 Å². The van der Waals surface area contributed by atoms with E-state index in [0.29, 0.717) is 0 Å². The first-order chi connectivity index (χ1) is 5.69. The molecular formula is C4H12NO6PS. The average molecular weight is 233 g/mol. The molecule has 0 saturated heterocycles. The Morgan fingerprint density at radius 3 is 2.08 bits per heavy atom. The molecule has 0 rings (SSSR count). The molecule has 0 aliphatic heterocycles. The van der Waals surface area contributed by atoms with Crippen molar-refractivity contribution in [3.8, 4) is 0 Å². The zero-order chi connectivity index (χ0) is 10.7. The van der Waals surface area contributed by atoms with Gasteiger partial charge in [0.05, 0.1) is 0 Å². The number of rotatable bonds is 5. The van der Waals surface area contributed by atoms with Crippen molar-refractivity contribution < 1.29 is 27.3 Å². The summed E-state index contributed by atoms with van der Waals surface area (Å²) in [4.78, 5) is 15.1. The van der Waals surface area contributed by atoms with Gasteiger partial charge in [0.15, 0.2) is 4.99 Å². The Morgan fingerprint density at radius 2 is 1.85 bits per heavy atom. The van der Waals surface area contributed by atoms with Crippen LogP contribution < -0.4 is 5.73 Å². The molecule has 5 N–H and O–H groups in total. The molecule has 0 aliphatic carbocycles. The first kappa shape index (κ1) is 13.0. The molecule has 9 heteroatoms. The Kier molecular flexibility index (Phi) is 4.50. The summed E-state index contributed by atoms with van der Waals surface area (Å²) in [5.41, 5.74) is 5.03. The van der Waals surface area contributed by atoms with Crippen LogP contribution in [0.4, 0.5) is 0 Å². The van der Waals surface area contributed by atoms with E-state index in [0.717, 1.165) is 0 Å². The van der Waals surface area contributed by atoms with Crippen molar-refractivity contribution >= 4 is 17.7 Å². The van der Waals surface area contributed by atoms with Crippen LogP contribution in [0.2, 0.25) is 0 Å². The van der Waals surface area contributed by atoms with Crippen LogP contribution in [0.25, 0.3) is 0 Å². The average Bonchev–Trinajstić information content (AvgIpc) is 1.81. The van der Waals surface area contributed by atoms with Crippen LogP contribution in [0.5, 0.6) is 0 Å². The zero-order valence-electron chi connectivity index (χ0n) is 6.70. The molecule has 80 valence electrons. The van der Waals surface area contributed by atoms with Crippen molar-refractivity contribution in [1.82, 2.24) is 0 Å². The van der Waals surface area contributed by atoms with Gasteiger partial charge in [0.2, 0.25) is 0 Å². The highest BCUT2D eigenvalue weighted by Gasteiger charge is 2.38. The molecule has 0 aromatic carbocycles. The van der Waals surface area contributed by atoms with Gasteiger partial charge in [-0.1, -0.05) is 0 Å². The SMILES string of the molecule is NCCCC(P(=O)(O)O)S(=O)(=O)O. The molecule has 0 heterocycles. The highest BCUT2D eigenvalue weighted by molar-refractivity contribution is 7.93. The minimum atomic E-state index is -4.82. The molecule has 0 aromatic rings. The van der Waals surface area contributed by atoms with E-state index in [2.05, 4.69) is 0 Å². The topological polar surface area (TPSA) is 138 Å². The maximum atomic E-state index is 10.6. The van der Waals surface area contributed by atoms with Gasteiger partial charge in [0, 0.05) is 0 Å². The third-order valence-corrected chi connectivity index (χ3v) is 4.93. The summed E-state index contributed by atoms with van der Waals surface area (Å²) >= 11 is 0. The van der Waals surface area contributed by atoms with Crippen molar-refractivity contribution in [1.29, 1.82) is 0 Å². The van der Waals surface area contributed by atoms with Crippen LogP contribution in [-0.4, -0.2) is 34.3 Å². The van der Waals surface area contributed by atoms with Gasteiger partial charge in [0.1, 0.15) is 0 Å². The van der Waals surface area contributed by atoms with Gasteiger partial charge in [-0.2, -0.15) is 8.42 Å². The summed E-state index contributed by atoms with van der Waals surface area (Å²) in [6.07, 6.45) is -0.227. The summed E-state index contributed by atoms with van der Waals surface area (Å²) in [5.74, 6) is 0. The van der Waals surface area contributed by atoms with Gasteiger partial charge in [-0.3, -0.25) is 9.12 Å². The van der Waals surface area contributed by atoms with E-state index < -0.39 is 22.7 Å². The summed E-state index contributed by atoms with van der Waals surface area (Å²) < 4.78 is 40.1. The Balaban J connectivity index is 4.69. The molecule has 0 radical (unpaired) electrons. The van der Waals surface area contributed by atoms with E-state index in [1.807, 2.05) is 0 Å². The van der Waals surface area contributed by atoms with E-state index in [1.54, 1.807) is 0 Å². The Hall–Kier alpha value is 0.0200. The van der Waals surface area contributed by atoms with Gasteiger partial charge < -0.3 is 15.5 Å². The van der Waals surface area contributed by atoms with E-state index in [4.69, 9.17) is 20.1 Å². The second-order valence-electron chi connectivity index (χ2n) is 2.49. The van der Waals surface area contributed by atoms with Crippen molar-refractivity contribution in [3.05, 3.63) is 0 Å². The molecule has 0 aliphatic rings. The van der Waals surface area contributed by atoms with Crippen LogP contribution in [0.1, 0.15) is 12.8 Å². The van der Waals surface area contributed by atoms with Crippen molar-refractivity contribution in [3.63, 3.8) is 0 Å². The normalized spacial score (nSPS) is 15.7. The Labute approximate surface area is 75.9 Å². The minimum absolute atomic E-state index is 0.103. The van der Waals surface area contributed by atoms with Gasteiger partial charge in [-0.05, 0) is 19.4 Å². The van der Waals surface area contributed by atoms with E-state index in [-0.39, 0.29) is 19.4 Å². The lowest BCUT2D eigenvalue weighted by atomic mass is 10.3. The predicted molar refractivity (Wildman–Crippen MR) is 45.7 cm³/mol. The van der Waals surface area contributed by atoms with E-state index >= 15 is 0 Å². The molecule has 0 aromatic heterocycles. The lowest BCUT2D eigenvalue weighted by Crippen LogP contribution is -2.21. The number of hydrogen-bond acceptors (Lipinski definition) is 4. The summed E-state index contributed by atoms with van der Waals surface area (Å²) in [6.45, 7) is 0.103. The highest BCUT2D eigenvalue weighted by atomic mass is 32.2. The summed E-state index contributed by atoms with van der Waals surface area (Å²) in [5, 5.41) is 0. The van der Waals surface area contributed by atoms with Crippen LogP contribution in [0.15, 0.2) is 0 Å². The third-order valence-electron chi connectivity index (χ3n) is 1.37. The maximum absolute atomic E-state index is 10.6. The monoisotopic (exact) mass is 233 g/mol. The molecule has 13 heavy (non-hydrogen) atoms. The fraction of sp³-hybridized carbons (Fsp3) is 1.00. The summed E-state index contributed by atoms with van der Waals surface area (Å²) in [7, 11) is -9.53. The standard InChI is InChI=1S/C4H12NO6PS/c5-3-1-2-4(12(6,7)8)13(9,10)11/h4H,1-3,5H2,(H2,6,7,8)(H,9,10,11). The second-order valence-corrected chi connectivity index (χ2v) is 6.24.